The molecule has 2 nitrogen and oxygen atoms in total. The normalized spacial score (nSPS) is 14.9. The molecule has 1 atom stereocenters. The second kappa shape index (κ2) is 8.81. The highest BCUT2D eigenvalue weighted by Crippen LogP contribution is 2.41. The first-order chi connectivity index (χ1) is 17.7. The van der Waals surface area contributed by atoms with Crippen LogP contribution in [0.25, 0.3) is 22.5 Å². The highest BCUT2D eigenvalue weighted by molar-refractivity contribution is 5.68. The van der Waals surface area contributed by atoms with Gasteiger partial charge in [0.25, 0.3) is 0 Å². The van der Waals surface area contributed by atoms with Crippen LogP contribution in [0.1, 0.15) is 28.3 Å². The molecule has 2 aromatic carbocycles. The zero-order valence-corrected chi connectivity index (χ0v) is 18.7. The van der Waals surface area contributed by atoms with Gasteiger partial charge in [-0.3, -0.25) is 4.98 Å². The minimum Gasteiger partial charge on any atom is -0.256 e. The van der Waals surface area contributed by atoms with Crippen molar-refractivity contribution in [3.05, 3.63) is 106 Å². The number of alkyl halides is 6. The van der Waals surface area contributed by atoms with Crippen LogP contribution < -0.4 is 4.57 Å². The van der Waals surface area contributed by atoms with E-state index >= 15 is 0 Å². The standard InChI is InChI=1S/C26H13F10N2/c27-15-5-12(23(18(29)8-15)20-3-1-13(10-37-20)25(31,32)33)6-22-17-7-16(28)9-19(30)24(17)21-4-2-14(11-38(21)22)26(34,35)36/h1-5,7-11,22H,6H2/q+1/t22-/m0/s1. The van der Waals surface area contributed by atoms with Crippen LogP contribution in [0.5, 0.6) is 0 Å². The summed E-state index contributed by atoms with van der Waals surface area (Å²) in [6, 6.07) is 4.78. The van der Waals surface area contributed by atoms with Crippen LogP contribution in [0.3, 0.4) is 0 Å². The van der Waals surface area contributed by atoms with Crippen molar-refractivity contribution in [3.8, 4) is 22.5 Å². The third kappa shape index (κ3) is 4.48. The van der Waals surface area contributed by atoms with Gasteiger partial charge >= 0.3 is 12.4 Å². The van der Waals surface area contributed by atoms with Crippen LogP contribution in [-0.4, -0.2) is 4.98 Å². The summed E-state index contributed by atoms with van der Waals surface area (Å²) in [5.74, 6) is -4.34. The van der Waals surface area contributed by atoms with E-state index in [1.807, 2.05) is 0 Å². The van der Waals surface area contributed by atoms with Gasteiger partial charge in [-0.25, -0.2) is 17.6 Å². The molecule has 12 heteroatoms. The maximum absolute atomic E-state index is 15.0. The molecule has 0 unspecified atom stereocenters. The lowest BCUT2D eigenvalue weighted by atomic mass is 9.92. The summed E-state index contributed by atoms with van der Waals surface area (Å²) in [5.41, 5.74) is -3.40. The van der Waals surface area contributed by atoms with Gasteiger partial charge in [-0.2, -0.15) is 30.9 Å². The Bertz CT molecular complexity index is 1560. The van der Waals surface area contributed by atoms with Crippen LogP contribution in [0.2, 0.25) is 0 Å². The smallest absolute Gasteiger partial charge is 0.256 e. The third-order valence-corrected chi connectivity index (χ3v) is 6.24. The van der Waals surface area contributed by atoms with Crippen LogP contribution in [-0.2, 0) is 18.8 Å². The quantitative estimate of drug-likeness (QED) is 0.194. The summed E-state index contributed by atoms with van der Waals surface area (Å²) in [4.78, 5) is 3.65. The number of hydrogen-bond acceptors (Lipinski definition) is 1. The Morgan fingerprint density at radius 1 is 0.711 bits per heavy atom. The SMILES string of the molecule is Fc1cc(F)c(-c2ccc(C(F)(F)F)cn2)c(C[C@H]2c3cc(F)cc(F)c3-c3ccc(C(F)(F)F)c[n+]32)c1. The summed E-state index contributed by atoms with van der Waals surface area (Å²) in [5, 5.41) is 0. The molecular weight excluding hydrogens is 530 g/mol. The summed E-state index contributed by atoms with van der Waals surface area (Å²) < 4.78 is 138. The van der Waals surface area contributed by atoms with Gasteiger partial charge in [0.1, 0.15) is 28.8 Å². The fraction of sp³-hybridized carbons (Fsp3) is 0.154. The van der Waals surface area contributed by atoms with Crippen LogP contribution in [0.15, 0.2) is 60.9 Å². The van der Waals surface area contributed by atoms with Crippen LogP contribution >= 0.6 is 0 Å². The average molecular weight is 543 g/mol. The topological polar surface area (TPSA) is 16.8 Å². The molecule has 1 aliphatic heterocycles. The van der Waals surface area contributed by atoms with Crippen molar-refractivity contribution in [3.63, 3.8) is 0 Å². The van der Waals surface area contributed by atoms with Crippen molar-refractivity contribution in [2.45, 2.75) is 24.8 Å². The number of benzene rings is 2. The number of fused-ring (bicyclic) bond motifs is 3. The van der Waals surface area contributed by atoms with E-state index in [1.165, 1.54) is 0 Å². The van der Waals surface area contributed by atoms with Crippen molar-refractivity contribution >= 4 is 0 Å². The van der Waals surface area contributed by atoms with E-state index < -0.39 is 64.8 Å². The fourth-order valence-electron chi connectivity index (χ4n) is 4.63. The molecule has 0 aliphatic carbocycles. The predicted molar refractivity (Wildman–Crippen MR) is 113 cm³/mol. The molecule has 0 radical (unpaired) electrons. The first-order valence-corrected chi connectivity index (χ1v) is 10.9. The summed E-state index contributed by atoms with van der Waals surface area (Å²) in [6.45, 7) is 0. The highest BCUT2D eigenvalue weighted by Gasteiger charge is 2.43. The number of hydrogen-bond donors (Lipinski definition) is 0. The Labute approximate surface area is 207 Å². The van der Waals surface area contributed by atoms with Gasteiger partial charge < -0.3 is 0 Å². The lowest BCUT2D eigenvalue weighted by Gasteiger charge is -2.15. The summed E-state index contributed by atoms with van der Waals surface area (Å²) in [7, 11) is 0. The van der Waals surface area contributed by atoms with E-state index in [4.69, 9.17) is 0 Å². The largest absolute Gasteiger partial charge is 0.422 e. The predicted octanol–water partition coefficient (Wildman–Crippen LogP) is 7.44. The van der Waals surface area contributed by atoms with E-state index in [2.05, 4.69) is 4.98 Å². The van der Waals surface area contributed by atoms with Gasteiger partial charge in [0.15, 0.2) is 12.2 Å². The molecule has 2 aromatic heterocycles. The first kappa shape index (κ1) is 25.7. The number of rotatable bonds is 3. The minimum atomic E-state index is -4.79. The van der Waals surface area contributed by atoms with Gasteiger partial charge in [0, 0.05) is 41.9 Å². The lowest BCUT2D eigenvalue weighted by Crippen LogP contribution is -2.40. The van der Waals surface area contributed by atoms with E-state index in [0.29, 0.717) is 30.6 Å². The van der Waals surface area contributed by atoms with Gasteiger partial charge in [0.05, 0.1) is 16.8 Å². The number of nitrogens with zero attached hydrogens (tertiary/aromatic N) is 2. The molecule has 0 N–H and O–H groups in total. The van der Waals surface area contributed by atoms with Crippen molar-refractivity contribution in [1.29, 1.82) is 0 Å². The molecule has 38 heavy (non-hydrogen) atoms. The van der Waals surface area contributed by atoms with Crippen LogP contribution in [0.4, 0.5) is 43.9 Å². The highest BCUT2D eigenvalue weighted by atomic mass is 19.4. The number of pyridine rings is 2. The van der Waals surface area contributed by atoms with Gasteiger partial charge in [0.2, 0.25) is 5.69 Å². The zero-order chi connectivity index (χ0) is 27.6. The van der Waals surface area contributed by atoms with Crippen molar-refractivity contribution in [2.24, 2.45) is 0 Å². The molecule has 0 fully saturated rings. The molecule has 0 saturated heterocycles. The van der Waals surface area contributed by atoms with E-state index in [0.717, 1.165) is 34.9 Å². The van der Waals surface area contributed by atoms with Crippen LogP contribution in [0, 0.1) is 23.3 Å². The Morgan fingerprint density at radius 3 is 1.92 bits per heavy atom. The molecule has 1 aliphatic rings. The number of halogens is 10. The second-order valence-corrected chi connectivity index (χ2v) is 8.63. The zero-order valence-electron chi connectivity index (χ0n) is 18.7. The van der Waals surface area contributed by atoms with Crippen molar-refractivity contribution < 1.29 is 48.5 Å². The molecule has 0 saturated carbocycles. The van der Waals surface area contributed by atoms with E-state index in [-0.39, 0.29) is 28.1 Å². The van der Waals surface area contributed by atoms with Crippen molar-refractivity contribution in [2.75, 3.05) is 0 Å². The first-order valence-electron chi connectivity index (χ1n) is 10.9. The van der Waals surface area contributed by atoms with Gasteiger partial charge in [-0.1, -0.05) is 0 Å². The summed E-state index contributed by atoms with van der Waals surface area (Å²) >= 11 is 0. The molecule has 0 bridgehead atoms. The van der Waals surface area contributed by atoms with Gasteiger partial charge in [-0.05, 0) is 35.9 Å². The number of aromatic nitrogens is 2. The Morgan fingerprint density at radius 2 is 1.32 bits per heavy atom. The molecular formula is C26H13F10N2+. The minimum absolute atomic E-state index is 0.0263. The average Bonchev–Trinajstić information content (AvgIpc) is 3.10. The van der Waals surface area contributed by atoms with Gasteiger partial charge in [-0.15, -0.1) is 0 Å². The fourth-order valence-corrected chi connectivity index (χ4v) is 4.63. The monoisotopic (exact) mass is 543 g/mol. The van der Waals surface area contributed by atoms with Crippen molar-refractivity contribution in [1.82, 2.24) is 4.98 Å². The van der Waals surface area contributed by atoms with E-state index in [9.17, 15) is 43.9 Å². The maximum atomic E-state index is 15.0. The third-order valence-electron chi connectivity index (χ3n) is 6.24. The molecule has 5 rings (SSSR count). The lowest BCUT2D eigenvalue weighted by molar-refractivity contribution is -0.698. The molecule has 4 aromatic rings. The summed E-state index contributed by atoms with van der Waals surface area (Å²) in [6.07, 6.45) is -8.85. The Balaban J connectivity index is 1.68. The molecule has 0 amide bonds. The Hall–Kier alpha value is -3.96. The molecule has 0 spiro atoms. The Kier molecular flexibility index (Phi) is 5.96. The maximum Gasteiger partial charge on any atom is 0.422 e. The molecule has 196 valence electrons. The second-order valence-electron chi connectivity index (χ2n) is 8.63. The molecule has 3 heterocycles. The van der Waals surface area contributed by atoms with E-state index in [1.54, 1.807) is 0 Å².